The quantitative estimate of drug-likeness (QED) is 0.510. The van der Waals surface area contributed by atoms with E-state index in [1.54, 1.807) is 0 Å². The van der Waals surface area contributed by atoms with Gasteiger partial charge in [0.2, 0.25) is 5.91 Å². The van der Waals surface area contributed by atoms with Crippen LogP contribution in [0.15, 0.2) is 48.5 Å². The molecule has 0 saturated heterocycles. The average molecular weight is 474 g/mol. The van der Waals surface area contributed by atoms with Crippen LogP contribution in [-0.2, 0) is 14.3 Å². The van der Waals surface area contributed by atoms with E-state index in [-0.39, 0.29) is 18.9 Å². The highest BCUT2D eigenvalue weighted by atomic mass is 19.4. The summed E-state index contributed by atoms with van der Waals surface area (Å²) in [6.07, 6.45) is -1.17. The number of carbonyl (C=O) groups is 3. The van der Waals surface area contributed by atoms with Gasteiger partial charge in [-0.1, -0.05) is 48.5 Å². The summed E-state index contributed by atoms with van der Waals surface area (Å²) in [6, 6.07) is 13.9. The molecule has 3 N–H and O–H groups in total. The van der Waals surface area contributed by atoms with E-state index in [1.807, 2.05) is 53.8 Å². The third-order valence-electron chi connectivity index (χ3n) is 5.45. The minimum Gasteiger partial charge on any atom is -0.481 e. The molecule has 3 rings (SSSR count). The minimum absolute atomic E-state index is 0.0422. The van der Waals surface area contributed by atoms with Crippen LogP contribution in [0, 0.1) is 18.3 Å². The van der Waals surface area contributed by atoms with Gasteiger partial charge < -0.3 is 20.5 Å². The molecule has 2 amide bonds. The molecule has 2 aromatic carbocycles. The second-order valence-corrected chi connectivity index (χ2v) is 7.61. The first-order valence-electron chi connectivity index (χ1n) is 10.3. The summed E-state index contributed by atoms with van der Waals surface area (Å²) in [4.78, 5) is 35.5. The van der Waals surface area contributed by atoms with Crippen LogP contribution in [-0.4, -0.2) is 48.4 Å². The maximum Gasteiger partial charge on any atom is 0.407 e. The Morgan fingerprint density at radius 1 is 1.06 bits per heavy atom. The smallest absolute Gasteiger partial charge is 0.407 e. The maximum absolute atomic E-state index is 12.8. The summed E-state index contributed by atoms with van der Waals surface area (Å²) < 4.78 is 43.7. The highest BCUT2D eigenvalue weighted by molar-refractivity contribution is 5.86. The zero-order valence-corrected chi connectivity index (χ0v) is 17.8. The van der Waals surface area contributed by atoms with E-state index in [9.17, 15) is 27.6 Å². The first kappa shape index (κ1) is 24.6. The summed E-state index contributed by atoms with van der Waals surface area (Å²) in [6.45, 7) is -1.25. The fourth-order valence-electron chi connectivity index (χ4n) is 3.78. The van der Waals surface area contributed by atoms with Crippen LogP contribution in [0.2, 0.25) is 0 Å². The van der Waals surface area contributed by atoms with E-state index >= 15 is 0 Å². The Kier molecular flexibility index (Phi) is 7.46. The van der Waals surface area contributed by atoms with Crippen LogP contribution in [0.5, 0.6) is 0 Å². The molecule has 0 spiro atoms. The molecule has 7 nitrogen and oxygen atoms in total. The molecule has 0 bridgehead atoms. The lowest BCUT2D eigenvalue weighted by atomic mass is 9.98. The van der Waals surface area contributed by atoms with Crippen molar-refractivity contribution in [2.75, 3.05) is 13.2 Å². The maximum atomic E-state index is 12.8. The number of amides is 2. The van der Waals surface area contributed by atoms with Gasteiger partial charge in [0.25, 0.3) is 0 Å². The summed E-state index contributed by atoms with van der Waals surface area (Å²) in [7, 11) is 0. The average Bonchev–Trinajstić information content (AvgIpc) is 3.10. The Hall–Kier alpha value is -4.00. The number of rotatable bonds is 8. The number of ether oxygens (including phenoxy) is 1. The molecule has 1 aliphatic carbocycles. The van der Waals surface area contributed by atoms with Gasteiger partial charge in [-0.15, -0.1) is 12.3 Å². The zero-order chi connectivity index (χ0) is 24.9. The predicted octanol–water partition coefficient (Wildman–Crippen LogP) is 3.30. The van der Waals surface area contributed by atoms with Crippen molar-refractivity contribution in [2.45, 2.75) is 24.6 Å². The van der Waals surface area contributed by atoms with Crippen molar-refractivity contribution in [3.05, 3.63) is 59.7 Å². The zero-order valence-electron chi connectivity index (χ0n) is 17.8. The second kappa shape index (κ2) is 10.3. The van der Waals surface area contributed by atoms with Crippen LogP contribution in [0.4, 0.5) is 18.0 Å². The number of alkyl halides is 3. The minimum atomic E-state index is -5.05. The van der Waals surface area contributed by atoms with E-state index in [1.165, 1.54) is 0 Å². The van der Waals surface area contributed by atoms with Crippen molar-refractivity contribution < 1.29 is 37.4 Å². The molecule has 0 aliphatic heterocycles. The lowest BCUT2D eigenvalue weighted by molar-refractivity contribution is -0.192. The van der Waals surface area contributed by atoms with Crippen LogP contribution in [0.25, 0.3) is 11.1 Å². The summed E-state index contributed by atoms with van der Waals surface area (Å²) >= 11 is 0. The van der Waals surface area contributed by atoms with Gasteiger partial charge in [-0.05, 0) is 22.3 Å². The number of aliphatic carboxylic acids is 1. The van der Waals surface area contributed by atoms with Gasteiger partial charge in [0.1, 0.15) is 12.6 Å². The molecular weight excluding hydrogens is 453 g/mol. The number of nitrogens with one attached hydrogen (secondary N) is 2. The van der Waals surface area contributed by atoms with Crippen molar-refractivity contribution in [1.82, 2.24) is 10.6 Å². The topological polar surface area (TPSA) is 105 Å². The number of carboxylic acids is 1. The van der Waals surface area contributed by atoms with Gasteiger partial charge in [0.15, 0.2) is 5.92 Å². The number of carbonyl (C=O) groups excluding carboxylic acids is 2. The number of terminal acetylenes is 1. The van der Waals surface area contributed by atoms with Crippen molar-refractivity contribution >= 4 is 18.0 Å². The molecule has 34 heavy (non-hydrogen) atoms. The molecule has 0 heterocycles. The number of halogens is 3. The molecule has 178 valence electrons. The third-order valence-corrected chi connectivity index (χ3v) is 5.45. The van der Waals surface area contributed by atoms with Crippen molar-refractivity contribution in [2.24, 2.45) is 5.92 Å². The van der Waals surface area contributed by atoms with E-state index in [4.69, 9.17) is 16.3 Å². The van der Waals surface area contributed by atoms with Crippen LogP contribution < -0.4 is 10.6 Å². The number of carboxylic acid groups (broad SMARTS) is 1. The van der Waals surface area contributed by atoms with Crippen molar-refractivity contribution in [1.29, 1.82) is 0 Å². The monoisotopic (exact) mass is 474 g/mol. The number of hydrogen-bond acceptors (Lipinski definition) is 4. The molecular formula is C24H21F3N2O5. The number of alkyl carbamates (subject to hydrolysis) is 1. The van der Waals surface area contributed by atoms with Crippen molar-refractivity contribution in [3.63, 3.8) is 0 Å². The van der Waals surface area contributed by atoms with E-state index in [0.29, 0.717) is 0 Å². The Morgan fingerprint density at radius 2 is 1.62 bits per heavy atom. The molecule has 2 unspecified atom stereocenters. The highest BCUT2D eigenvalue weighted by Gasteiger charge is 2.45. The predicted molar refractivity (Wildman–Crippen MR) is 116 cm³/mol. The molecule has 2 aromatic rings. The van der Waals surface area contributed by atoms with Crippen LogP contribution in [0.3, 0.4) is 0 Å². The standard InChI is InChI=1S/C24H21F3N2O5/c1-2-7-20(21(30)28-12-19(22(31)32)24(25,26)27)29-23(33)34-13-18-16-10-5-3-8-14(16)15-9-4-6-11-17(15)18/h1,3-6,8-11,18-20H,7,12-13H2,(H,28,30)(H,29,33)(H,31,32). The van der Waals surface area contributed by atoms with E-state index in [0.717, 1.165) is 22.3 Å². The van der Waals surface area contributed by atoms with Gasteiger partial charge in [0, 0.05) is 18.9 Å². The second-order valence-electron chi connectivity index (χ2n) is 7.61. The van der Waals surface area contributed by atoms with Gasteiger partial charge in [-0.25, -0.2) is 4.79 Å². The van der Waals surface area contributed by atoms with Gasteiger partial charge in [-0.2, -0.15) is 13.2 Å². The third kappa shape index (κ3) is 5.49. The molecule has 0 saturated carbocycles. The molecule has 0 radical (unpaired) electrons. The molecule has 2 atom stereocenters. The Morgan fingerprint density at radius 3 is 2.12 bits per heavy atom. The highest BCUT2D eigenvalue weighted by Crippen LogP contribution is 2.44. The molecule has 0 fully saturated rings. The molecule has 10 heteroatoms. The van der Waals surface area contributed by atoms with Gasteiger partial charge in [0.05, 0.1) is 0 Å². The van der Waals surface area contributed by atoms with Gasteiger partial charge in [-0.3, -0.25) is 9.59 Å². The van der Waals surface area contributed by atoms with Crippen molar-refractivity contribution in [3.8, 4) is 23.5 Å². The van der Waals surface area contributed by atoms with Crippen LogP contribution in [0.1, 0.15) is 23.5 Å². The molecule has 1 aliphatic rings. The normalized spacial score (nSPS) is 14.2. The largest absolute Gasteiger partial charge is 0.481 e. The number of benzene rings is 2. The lowest BCUT2D eigenvalue weighted by Crippen LogP contribution is -2.50. The fourth-order valence-corrected chi connectivity index (χ4v) is 3.78. The summed E-state index contributed by atoms with van der Waals surface area (Å²) in [5.41, 5.74) is 3.99. The van der Waals surface area contributed by atoms with E-state index < -0.39 is 42.7 Å². The Labute approximate surface area is 193 Å². The first-order chi connectivity index (χ1) is 16.1. The summed E-state index contributed by atoms with van der Waals surface area (Å²) in [5.74, 6) is -4.07. The molecule has 0 aromatic heterocycles. The fraction of sp³-hybridized carbons (Fsp3) is 0.292. The van der Waals surface area contributed by atoms with Crippen LogP contribution >= 0.6 is 0 Å². The lowest BCUT2D eigenvalue weighted by Gasteiger charge is -2.20. The SMILES string of the molecule is C#CCC(NC(=O)OCC1c2ccccc2-c2ccccc21)C(=O)NCC(C(=O)O)C(F)(F)F. The first-order valence-corrected chi connectivity index (χ1v) is 10.3. The summed E-state index contributed by atoms with van der Waals surface area (Å²) in [5, 5.41) is 12.8. The van der Waals surface area contributed by atoms with Gasteiger partial charge >= 0.3 is 18.2 Å². The Balaban J connectivity index is 1.62. The number of hydrogen-bond donors (Lipinski definition) is 3. The van der Waals surface area contributed by atoms with E-state index in [2.05, 4.69) is 11.2 Å². The Bertz CT molecular complexity index is 1080. The number of fused-ring (bicyclic) bond motifs is 3.